The summed E-state index contributed by atoms with van der Waals surface area (Å²) in [5, 5.41) is 1.04. The van der Waals surface area contributed by atoms with E-state index in [-0.39, 0.29) is 5.82 Å². The number of nitrogens with zero attached hydrogens (tertiary/aromatic N) is 2. The van der Waals surface area contributed by atoms with Crippen molar-refractivity contribution in [3.05, 3.63) is 54.6 Å². The van der Waals surface area contributed by atoms with Gasteiger partial charge in [-0.3, -0.25) is 0 Å². The molecule has 84 valence electrons. The van der Waals surface area contributed by atoms with Gasteiger partial charge in [0.05, 0.1) is 0 Å². The third-order valence-electron chi connectivity index (χ3n) is 2.87. The van der Waals surface area contributed by atoms with Crippen molar-refractivity contribution in [3.63, 3.8) is 0 Å². The van der Waals surface area contributed by atoms with Crippen LogP contribution >= 0.6 is 0 Å². The molecule has 0 unspecified atom stereocenters. The summed E-state index contributed by atoms with van der Waals surface area (Å²) in [4.78, 5) is 4.32. The Balaban J connectivity index is 2.31. The van der Waals surface area contributed by atoms with Crippen LogP contribution in [0.4, 0.5) is 4.39 Å². The van der Waals surface area contributed by atoms with E-state index < -0.39 is 0 Å². The first-order valence-corrected chi connectivity index (χ1v) is 5.42. The lowest BCUT2D eigenvalue weighted by Crippen LogP contribution is -1.85. The van der Waals surface area contributed by atoms with Crippen molar-refractivity contribution in [1.29, 1.82) is 0 Å². The highest BCUT2D eigenvalue weighted by atomic mass is 19.1. The number of hydrogen-bond acceptors (Lipinski definition) is 1. The van der Waals surface area contributed by atoms with Crippen molar-refractivity contribution in [2.75, 3.05) is 0 Å². The molecule has 0 aliphatic rings. The Morgan fingerprint density at radius 1 is 1.18 bits per heavy atom. The smallest absolute Gasteiger partial charge is 0.140 e. The number of benzene rings is 1. The molecule has 1 aromatic carbocycles. The van der Waals surface area contributed by atoms with Gasteiger partial charge in [-0.15, -0.1) is 0 Å². The van der Waals surface area contributed by atoms with E-state index in [2.05, 4.69) is 4.98 Å². The Kier molecular flexibility index (Phi) is 2.18. The normalized spacial score (nSPS) is 10.9. The van der Waals surface area contributed by atoms with Gasteiger partial charge in [-0.2, -0.15) is 0 Å². The number of aryl methyl sites for hydroxylation is 1. The van der Waals surface area contributed by atoms with Crippen LogP contribution in [0.3, 0.4) is 0 Å². The van der Waals surface area contributed by atoms with E-state index in [9.17, 15) is 4.39 Å². The quantitative estimate of drug-likeness (QED) is 0.622. The molecule has 2 aromatic heterocycles. The van der Waals surface area contributed by atoms with Crippen LogP contribution in [0.15, 0.2) is 48.8 Å². The SMILES string of the molecule is Cn1cc(-c2cccc(F)c2)c2cccnc21. The lowest BCUT2D eigenvalue weighted by molar-refractivity contribution is 0.628. The molecule has 0 spiro atoms. The molecule has 3 heteroatoms. The van der Waals surface area contributed by atoms with Gasteiger partial charge in [-0.05, 0) is 29.8 Å². The topological polar surface area (TPSA) is 17.8 Å². The summed E-state index contributed by atoms with van der Waals surface area (Å²) in [5.41, 5.74) is 2.80. The zero-order valence-corrected chi connectivity index (χ0v) is 9.39. The number of pyridine rings is 1. The highest BCUT2D eigenvalue weighted by Crippen LogP contribution is 2.29. The Bertz CT molecular complexity index is 686. The first-order chi connectivity index (χ1) is 8.25. The second-order valence-electron chi connectivity index (χ2n) is 4.04. The van der Waals surface area contributed by atoms with Crippen molar-refractivity contribution < 1.29 is 4.39 Å². The Morgan fingerprint density at radius 2 is 2.06 bits per heavy atom. The van der Waals surface area contributed by atoms with Gasteiger partial charge in [0, 0.05) is 30.4 Å². The molecule has 17 heavy (non-hydrogen) atoms. The first-order valence-electron chi connectivity index (χ1n) is 5.42. The van der Waals surface area contributed by atoms with Crippen molar-refractivity contribution in [2.24, 2.45) is 7.05 Å². The summed E-state index contributed by atoms with van der Waals surface area (Å²) in [7, 11) is 1.94. The molecule has 0 radical (unpaired) electrons. The highest BCUT2D eigenvalue weighted by Gasteiger charge is 2.09. The van der Waals surface area contributed by atoms with E-state index in [0.717, 1.165) is 22.2 Å². The van der Waals surface area contributed by atoms with Gasteiger partial charge in [0.15, 0.2) is 0 Å². The molecule has 0 N–H and O–H groups in total. The minimum atomic E-state index is -0.219. The average Bonchev–Trinajstić information content (AvgIpc) is 2.68. The van der Waals surface area contributed by atoms with E-state index in [0.29, 0.717) is 0 Å². The molecule has 0 atom stereocenters. The number of halogens is 1. The maximum atomic E-state index is 13.2. The third-order valence-corrected chi connectivity index (χ3v) is 2.87. The van der Waals surface area contributed by atoms with Crippen molar-refractivity contribution in [1.82, 2.24) is 9.55 Å². The fraction of sp³-hybridized carbons (Fsp3) is 0.0714. The predicted octanol–water partition coefficient (Wildman–Crippen LogP) is 3.38. The minimum absolute atomic E-state index is 0.219. The molecule has 0 bridgehead atoms. The Morgan fingerprint density at radius 3 is 2.88 bits per heavy atom. The standard InChI is InChI=1S/C14H11FN2/c1-17-9-13(10-4-2-5-11(15)8-10)12-6-3-7-16-14(12)17/h2-9H,1H3. The van der Waals surface area contributed by atoms with Gasteiger partial charge < -0.3 is 4.57 Å². The monoisotopic (exact) mass is 226 g/mol. The number of aromatic nitrogens is 2. The molecule has 0 saturated heterocycles. The van der Waals surface area contributed by atoms with E-state index in [1.807, 2.05) is 36.0 Å². The van der Waals surface area contributed by atoms with Gasteiger partial charge in [-0.1, -0.05) is 12.1 Å². The Hall–Kier alpha value is -2.16. The summed E-state index contributed by atoms with van der Waals surface area (Å²) in [6.07, 6.45) is 3.74. The van der Waals surface area contributed by atoms with Crippen LogP contribution in [0, 0.1) is 5.82 Å². The number of hydrogen-bond donors (Lipinski definition) is 0. The molecular formula is C14H11FN2. The molecule has 0 aliphatic heterocycles. The molecule has 0 saturated carbocycles. The van der Waals surface area contributed by atoms with Gasteiger partial charge in [0.2, 0.25) is 0 Å². The first kappa shape index (κ1) is 10.0. The maximum absolute atomic E-state index is 13.2. The molecular weight excluding hydrogens is 215 g/mol. The molecule has 0 amide bonds. The summed E-state index contributed by atoms with van der Waals surface area (Å²) < 4.78 is 15.2. The summed E-state index contributed by atoms with van der Waals surface area (Å²) in [6.45, 7) is 0. The fourth-order valence-electron chi connectivity index (χ4n) is 2.10. The van der Waals surface area contributed by atoms with Crippen LogP contribution in [0.5, 0.6) is 0 Å². The largest absolute Gasteiger partial charge is 0.335 e. The van der Waals surface area contributed by atoms with Crippen LogP contribution < -0.4 is 0 Å². The molecule has 3 rings (SSSR count). The summed E-state index contributed by atoms with van der Waals surface area (Å²) in [6, 6.07) is 10.5. The van der Waals surface area contributed by atoms with E-state index in [1.165, 1.54) is 6.07 Å². The molecule has 2 heterocycles. The maximum Gasteiger partial charge on any atom is 0.140 e. The molecule has 3 aromatic rings. The average molecular weight is 226 g/mol. The van der Waals surface area contributed by atoms with E-state index >= 15 is 0 Å². The zero-order valence-electron chi connectivity index (χ0n) is 9.39. The number of rotatable bonds is 1. The molecule has 0 fully saturated rings. The highest BCUT2D eigenvalue weighted by molar-refractivity contribution is 5.93. The van der Waals surface area contributed by atoms with E-state index in [1.54, 1.807) is 18.3 Å². The van der Waals surface area contributed by atoms with Crippen molar-refractivity contribution in [3.8, 4) is 11.1 Å². The molecule has 2 nitrogen and oxygen atoms in total. The summed E-state index contributed by atoms with van der Waals surface area (Å²) in [5.74, 6) is -0.219. The van der Waals surface area contributed by atoms with Gasteiger partial charge in [0.1, 0.15) is 11.5 Å². The van der Waals surface area contributed by atoms with Crippen LogP contribution in [0.2, 0.25) is 0 Å². The summed E-state index contributed by atoms with van der Waals surface area (Å²) >= 11 is 0. The van der Waals surface area contributed by atoms with Gasteiger partial charge in [0.25, 0.3) is 0 Å². The minimum Gasteiger partial charge on any atom is -0.335 e. The van der Waals surface area contributed by atoms with Crippen LogP contribution in [-0.2, 0) is 7.05 Å². The zero-order chi connectivity index (χ0) is 11.8. The predicted molar refractivity (Wildman–Crippen MR) is 66.1 cm³/mol. The van der Waals surface area contributed by atoms with Crippen LogP contribution in [-0.4, -0.2) is 9.55 Å². The van der Waals surface area contributed by atoms with Gasteiger partial charge in [-0.25, -0.2) is 9.37 Å². The number of fused-ring (bicyclic) bond motifs is 1. The third kappa shape index (κ3) is 1.60. The van der Waals surface area contributed by atoms with Gasteiger partial charge >= 0.3 is 0 Å². The Labute approximate surface area is 98.3 Å². The molecule has 0 aliphatic carbocycles. The lowest BCUT2D eigenvalue weighted by atomic mass is 10.1. The van der Waals surface area contributed by atoms with E-state index in [4.69, 9.17) is 0 Å². The van der Waals surface area contributed by atoms with Crippen LogP contribution in [0.25, 0.3) is 22.2 Å². The fourth-order valence-corrected chi connectivity index (χ4v) is 2.10. The van der Waals surface area contributed by atoms with Crippen molar-refractivity contribution in [2.45, 2.75) is 0 Å². The lowest BCUT2D eigenvalue weighted by Gasteiger charge is -1.98. The second-order valence-corrected chi connectivity index (χ2v) is 4.04. The van der Waals surface area contributed by atoms with Crippen molar-refractivity contribution >= 4 is 11.0 Å². The van der Waals surface area contributed by atoms with Crippen LogP contribution in [0.1, 0.15) is 0 Å². The second kappa shape index (κ2) is 3.70.